The highest BCUT2D eigenvalue weighted by molar-refractivity contribution is 7.90. The molecule has 0 amide bonds. The van der Waals surface area contributed by atoms with E-state index >= 15 is 0 Å². The number of aromatic nitrogens is 2. The summed E-state index contributed by atoms with van der Waals surface area (Å²) in [6.45, 7) is 0. The van der Waals surface area contributed by atoms with Crippen molar-refractivity contribution in [1.29, 1.82) is 0 Å². The van der Waals surface area contributed by atoms with Gasteiger partial charge >= 0.3 is 6.18 Å². The average molecular weight is 437 g/mol. The van der Waals surface area contributed by atoms with Crippen molar-refractivity contribution in [3.8, 4) is 16.9 Å². The van der Waals surface area contributed by atoms with Crippen LogP contribution in [-0.2, 0) is 16.0 Å². The van der Waals surface area contributed by atoms with Gasteiger partial charge in [-0.3, -0.25) is 0 Å². The molecule has 2 aromatic carbocycles. The minimum Gasteiger partial charge on any atom is -0.229 e. The maximum absolute atomic E-state index is 14.5. The Bertz CT molecular complexity index is 1160. The van der Waals surface area contributed by atoms with Crippen molar-refractivity contribution in [2.24, 2.45) is 0 Å². The van der Waals surface area contributed by atoms with E-state index in [1.54, 1.807) is 0 Å². The van der Waals surface area contributed by atoms with Crippen molar-refractivity contribution in [1.82, 2.24) is 9.78 Å². The van der Waals surface area contributed by atoms with E-state index in [1.165, 1.54) is 24.3 Å². The third-order valence-electron chi connectivity index (χ3n) is 3.77. The lowest BCUT2D eigenvalue weighted by Crippen LogP contribution is -2.10. The lowest BCUT2D eigenvalue weighted by atomic mass is 10.1. The number of rotatable bonds is 3. The molecule has 28 heavy (non-hydrogen) atoms. The first-order valence-corrected chi connectivity index (χ1v) is 9.77. The maximum Gasteiger partial charge on any atom is 0.435 e. The zero-order valence-electron chi connectivity index (χ0n) is 13.9. The lowest BCUT2D eigenvalue weighted by molar-refractivity contribution is -0.141. The SMILES string of the molecule is CS(=O)(=O)c1cc(F)c(-n2nc(C(F)(F)F)cc2-c2ccc(Cl)cc2)cc1F. The molecule has 0 radical (unpaired) electrons. The molecule has 11 heteroatoms. The van der Waals surface area contributed by atoms with E-state index in [9.17, 15) is 30.4 Å². The third kappa shape index (κ3) is 3.88. The Morgan fingerprint density at radius 2 is 1.61 bits per heavy atom. The second-order valence-corrected chi connectivity index (χ2v) is 8.26. The van der Waals surface area contributed by atoms with Gasteiger partial charge in [0.25, 0.3) is 0 Å². The predicted molar refractivity (Wildman–Crippen MR) is 92.0 cm³/mol. The van der Waals surface area contributed by atoms with Gasteiger partial charge in [0.2, 0.25) is 0 Å². The number of sulfone groups is 1. The van der Waals surface area contributed by atoms with Gasteiger partial charge in [-0.05, 0) is 24.3 Å². The van der Waals surface area contributed by atoms with Crippen molar-refractivity contribution in [3.05, 3.63) is 64.8 Å². The molecule has 0 unspecified atom stereocenters. The van der Waals surface area contributed by atoms with Crippen LogP contribution >= 0.6 is 11.6 Å². The molecule has 0 saturated heterocycles. The zero-order chi connectivity index (χ0) is 20.9. The summed E-state index contributed by atoms with van der Waals surface area (Å²) in [6.07, 6.45) is -4.16. The molecule has 4 nitrogen and oxygen atoms in total. The normalized spacial score (nSPS) is 12.4. The van der Waals surface area contributed by atoms with E-state index < -0.39 is 43.9 Å². The standard InChI is InChI=1S/C17H10ClF5N2O2S/c1-28(26,27)15-7-11(19)14(6-12(15)20)25-13(8-16(24-25)17(21,22)23)9-2-4-10(18)5-3-9/h2-8H,1H3. The van der Waals surface area contributed by atoms with Crippen molar-refractivity contribution in [2.75, 3.05) is 6.26 Å². The number of hydrogen-bond donors (Lipinski definition) is 0. The Hall–Kier alpha value is -2.46. The minimum absolute atomic E-state index is 0.186. The van der Waals surface area contributed by atoms with Crippen LogP contribution in [0.4, 0.5) is 22.0 Å². The highest BCUT2D eigenvalue weighted by atomic mass is 35.5. The summed E-state index contributed by atoms with van der Waals surface area (Å²) in [5, 5.41) is 3.67. The summed E-state index contributed by atoms with van der Waals surface area (Å²) in [7, 11) is -4.08. The molecule has 0 aliphatic rings. The number of halogens is 6. The lowest BCUT2D eigenvalue weighted by Gasteiger charge is -2.11. The number of hydrogen-bond acceptors (Lipinski definition) is 3. The molecule has 0 aliphatic carbocycles. The van der Waals surface area contributed by atoms with E-state index in [0.29, 0.717) is 34.2 Å². The van der Waals surface area contributed by atoms with E-state index in [1.807, 2.05) is 0 Å². The predicted octanol–water partition coefficient (Wildman–Crippen LogP) is 4.89. The molecule has 1 aromatic heterocycles. The van der Waals surface area contributed by atoms with Gasteiger partial charge in [-0.2, -0.15) is 18.3 Å². The first-order valence-electron chi connectivity index (χ1n) is 7.50. The quantitative estimate of drug-likeness (QED) is 0.549. The summed E-state index contributed by atoms with van der Waals surface area (Å²) in [5.74, 6) is -2.57. The maximum atomic E-state index is 14.5. The smallest absolute Gasteiger partial charge is 0.229 e. The molecule has 0 atom stereocenters. The molecule has 3 aromatic rings. The monoisotopic (exact) mass is 436 g/mol. The van der Waals surface area contributed by atoms with Gasteiger partial charge in [0.05, 0.1) is 5.69 Å². The van der Waals surface area contributed by atoms with Crippen LogP contribution in [0.15, 0.2) is 47.4 Å². The molecule has 0 aliphatic heterocycles. The van der Waals surface area contributed by atoms with E-state index in [4.69, 9.17) is 11.6 Å². The fraction of sp³-hybridized carbons (Fsp3) is 0.118. The van der Waals surface area contributed by atoms with Crippen LogP contribution in [0, 0.1) is 11.6 Å². The van der Waals surface area contributed by atoms with Gasteiger partial charge < -0.3 is 0 Å². The number of nitrogens with zero attached hydrogens (tertiary/aromatic N) is 2. The molecule has 3 rings (SSSR count). The summed E-state index contributed by atoms with van der Waals surface area (Å²) >= 11 is 5.77. The van der Waals surface area contributed by atoms with E-state index in [0.717, 1.165) is 0 Å². The molecule has 0 N–H and O–H groups in total. The van der Waals surface area contributed by atoms with Gasteiger partial charge in [0.15, 0.2) is 15.5 Å². The Kier molecular flexibility index (Phi) is 4.96. The fourth-order valence-electron chi connectivity index (χ4n) is 2.49. The summed E-state index contributed by atoms with van der Waals surface area (Å²) in [4.78, 5) is -0.912. The summed E-state index contributed by atoms with van der Waals surface area (Å²) in [5.41, 5.74) is -1.98. The van der Waals surface area contributed by atoms with Crippen LogP contribution in [0.2, 0.25) is 5.02 Å². The van der Waals surface area contributed by atoms with E-state index in [-0.39, 0.29) is 11.3 Å². The second kappa shape index (κ2) is 6.85. The third-order valence-corrected chi connectivity index (χ3v) is 5.13. The van der Waals surface area contributed by atoms with Gasteiger partial charge in [0.1, 0.15) is 22.2 Å². The Labute approximate surface area is 161 Å². The summed E-state index contributed by atoms with van der Waals surface area (Å²) in [6, 6.07) is 7.14. The van der Waals surface area contributed by atoms with Crippen molar-refractivity contribution < 1.29 is 30.4 Å². The van der Waals surface area contributed by atoms with Gasteiger partial charge in [-0.1, -0.05) is 23.7 Å². The highest BCUT2D eigenvalue weighted by Crippen LogP contribution is 2.34. The van der Waals surface area contributed by atoms with Crippen LogP contribution < -0.4 is 0 Å². The van der Waals surface area contributed by atoms with Crippen LogP contribution in [0.5, 0.6) is 0 Å². The van der Waals surface area contributed by atoms with Crippen molar-refractivity contribution >= 4 is 21.4 Å². The highest BCUT2D eigenvalue weighted by Gasteiger charge is 2.35. The molecular formula is C17H10ClF5N2O2S. The largest absolute Gasteiger partial charge is 0.435 e. The van der Waals surface area contributed by atoms with Crippen molar-refractivity contribution in [3.63, 3.8) is 0 Å². The molecule has 148 valence electrons. The van der Waals surface area contributed by atoms with Crippen molar-refractivity contribution in [2.45, 2.75) is 11.1 Å². The first-order chi connectivity index (χ1) is 12.9. The van der Waals surface area contributed by atoms with Crippen LogP contribution in [0.1, 0.15) is 5.69 Å². The molecule has 0 saturated carbocycles. The molecular weight excluding hydrogens is 427 g/mol. The fourth-order valence-corrected chi connectivity index (χ4v) is 3.35. The molecule has 1 heterocycles. The van der Waals surface area contributed by atoms with Gasteiger partial charge in [-0.15, -0.1) is 0 Å². The van der Waals surface area contributed by atoms with Crippen LogP contribution in [-0.4, -0.2) is 24.5 Å². The summed E-state index contributed by atoms with van der Waals surface area (Å²) < 4.78 is 91.7. The zero-order valence-corrected chi connectivity index (χ0v) is 15.5. The van der Waals surface area contributed by atoms with Gasteiger partial charge in [-0.25, -0.2) is 21.9 Å². The molecule has 0 fully saturated rings. The van der Waals surface area contributed by atoms with Gasteiger partial charge in [0, 0.05) is 22.9 Å². The number of benzene rings is 2. The first kappa shape index (κ1) is 20.3. The molecule has 0 spiro atoms. The second-order valence-electron chi connectivity index (χ2n) is 5.84. The Balaban J connectivity index is 2.28. The Morgan fingerprint density at radius 1 is 1.00 bits per heavy atom. The van der Waals surface area contributed by atoms with Crippen LogP contribution in [0.3, 0.4) is 0 Å². The minimum atomic E-state index is -4.84. The topological polar surface area (TPSA) is 52.0 Å². The number of alkyl halides is 3. The van der Waals surface area contributed by atoms with Crippen LogP contribution in [0.25, 0.3) is 16.9 Å². The molecule has 0 bridgehead atoms. The Morgan fingerprint density at radius 3 is 2.14 bits per heavy atom. The van der Waals surface area contributed by atoms with E-state index in [2.05, 4.69) is 5.10 Å². The average Bonchev–Trinajstić information content (AvgIpc) is 3.01.